The van der Waals surface area contributed by atoms with Crippen molar-refractivity contribution in [3.63, 3.8) is 0 Å². The summed E-state index contributed by atoms with van der Waals surface area (Å²) in [7, 11) is -3.65. The highest BCUT2D eigenvalue weighted by Crippen LogP contribution is 2.24. The minimum atomic E-state index is -3.65. The maximum atomic E-state index is 12.6. The second-order valence-corrected chi connectivity index (χ2v) is 9.06. The number of aromatic nitrogens is 1. The lowest BCUT2D eigenvalue weighted by atomic mass is 9.98. The molecule has 10 nitrogen and oxygen atoms in total. The molecule has 1 aromatic heterocycles. The van der Waals surface area contributed by atoms with Gasteiger partial charge in [0.25, 0.3) is 5.91 Å². The van der Waals surface area contributed by atoms with Crippen LogP contribution in [-0.2, 0) is 24.3 Å². The first-order valence-electron chi connectivity index (χ1n) is 9.34. The molecule has 0 saturated carbocycles. The third kappa shape index (κ3) is 6.79. The van der Waals surface area contributed by atoms with E-state index in [2.05, 4.69) is 15.6 Å². The summed E-state index contributed by atoms with van der Waals surface area (Å²) in [5.41, 5.74) is 0. The summed E-state index contributed by atoms with van der Waals surface area (Å²) in [6, 6.07) is 2.37. The minimum Gasteiger partial charge on any atom is -0.455 e. The topological polar surface area (TPSA) is 135 Å². The summed E-state index contributed by atoms with van der Waals surface area (Å²) in [6.45, 7) is 4.01. The zero-order valence-corrected chi connectivity index (χ0v) is 17.3. The molecule has 0 bridgehead atoms. The van der Waals surface area contributed by atoms with Crippen molar-refractivity contribution in [2.75, 3.05) is 26.2 Å². The molecule has 2 N–H and O–H groups in total. The average Bonchev–Trinajstić information content (AvgIpc) is 2.71. The lowest BCUT2D eigenvalue weighted by Gasteiger charge is -2.29. The van der Waals surface area contributed by atoms with Crippen molar-refractivity contribution in [1.82, 2.24) is 19.9 Å². The Kier molecular flexibility index (Phi) is 8.09. The number of carbonyl (C=O) groups excluding carboxylic acids is 3. The summed E-state index contributed by atoms with van der Waals surface area (Å²) < 4.78 is 31.4. The fourth-order valence-electron chi connectivity index (χ4n) is 2.74. The number of hydrogen-bond donors (Lipinski definition) is 2. The number of pyridine rings is 1. The summed E-state index contributed by atoms with van der Waals surface area (Å²) in [6.07, 6.45) is 3.35. The van der Waals surface area contributed by atoms with E-state index in [0.29, 0.717) is 6.54 Å². The molecule has 11 heteroatoms. The fraction of sp³-hybridized carbons (Fsp3) is 0.556. The van der Waals surface area contributed by atoms with E-state index in [1.165, 1.54) is 22.8 Å². The molecule has 29 heavy (non-hydrogen) atoms. The number of hydrogen-bond acceptors (Lipinski definition) is 7. The second-order valence-electron chi connectivity index (χ2n) is 7.13. The van der Waals surface area contributed by atoms with Crippen LogP contribution < -0.4 is 10.6 Å². The smallest absolute Gasteiger partial charge is 0.321 e. The molecule has 0 unspecified atom stereocenters. The summed E-state index contributed by atoms with van der Waals surface area (Å²) in [4.78, 5) is 39.3. The van der Waals surface area contributed by atoms with Crippen molar-refractivity contribution >= 4 is 27.9 Å². The molecule has 0 aromatic carbocycles. The van der Waals surface area contributed by atoms with Gasteiger partial charge in [-0.05, 0) is 30.9 Å². The quantitative estimate of drug-likeness (QED) is 0.607. The van der Waals surface area contributed by atoms with Gasteiger partial charge < -0.3 is 10.1 Å². The van der Waals surface area contributed by atoms with Crippen LogP contribution in [0.3, 0.4) is 0 Å². The van der Waals surface area contributed by atoms with Crippen LogP contribution in [0.25, 0.3) is 0 Å². The summed E-state index contributed by atoms with van der Waals surface area (Å²) in [5.74, 6) is -1.57. The van der Waals surface area contributed by atoms with E-state index in [9.17, 15) is 22.8 Å². The van der Waals surface area contributed by atoms with E-state index in [1.54, 1.807) is 6.07 Å². The monoisotopic (exact) mass is 426 g/mol. The van der Waals surface area contributed by atoms with Crippen molar-refractivity contribution in [3.05, 3.63) is 24.5 Å². The van der Waals surface area contributed by atoms with Crippen molar-refractivity contribution in [1.29, 1.82) is 0 Å². The number of esters is 1. The van der Waals surface area contributed by atoms with Gasteiger partial charge >= 0.3 is 12.0 Å². The number of nitrogens with zero attached hydrogens (tertiary/aromatic N) is 2. The number of ether oxygens (including phenoxy) is 1. The first-order valence-corrected chi connectivity index (χ1v) is 10.8. The van der Waals surface area contributed by atoms with Crippen LogP contribution in [-0.4, -0.2) is 61.9 Å². The molecule has 0 atom stereocenters. The Hall–Kier alpha value is -2.53. The van der Waals surface area contributed by atoms with Crippen LogP contribution in [0.1, 0.15) is 26.7 Å². The lowest BCUT2D eigenvalue weighted by Crippen LogP contribution is -2.43. The van der Waals surface area contributed by atoms with Crippen LogP contribution in [0.4, 0.5) is 4.79 Å². The molecular weight excluding hydrogens is 400 g/mol. The average molecular weight is 426 g/mol. The highest BCUT2D eigenvalue weighted by molar-refractivity contribution is 7.89. The van der Waals surface area contributed by atoms with Crippen molar-refractivity contribution in [2.45, 2.75) is 31.6 Å². The van der Waals surface area contributed by atoms with Crippen LogP contribution in [0.5, 0.6) is 0 Å². The molecule has 1 aromatic rings. The molecule has 3 amide bonds. The van der Waals surface area contributed by atoms with Crippen molar-refractivity contribution < 1.29 is 27.5 Å². The first kappa shape index (κ1) is 22.8. The highest BCUT2D eigenvalue weighted by Gasteiger charge is 2.33. The minimum absolute atomic E-state index is 0.105. The van der Waals surface area contributed by atoms with Gasteiger partial charge in [0, 0.05) is 32.0 Å². The van der Waals surface area contributed by atoms with Gasteiger partial charge in [0.2, 0.25) is 10.0 Å². The maximum Gasteiger partial charge on any atom is 0.321 e. The number of piperidine rings is 1. The fourth-order valence-corrected chi connectivity index (χ4v) is 4.17. The van der Waals surface area contributed by atoms with Crippen LogP contribution >= 0.6 is 0 Å². The Morgan fingerprint density at radius 2 is 1.97 bits per heavy atom. The summed E-state index contributed by atoms with van der Waals surface area (Å²) in [5, 5.41) is 4.60. The van der Waals surface area contributed by atoms with Crippen molar-refractivity contribution in [2.24, 2.45) is 11.8 Å². The van der Waals surface area contributed by atoms with Gasteiger partial charge in [0.15, 0.2) is 6.61 Å². The molecule has 0 radical (unpaired) electrons. The Bertz CT molecular complexity index is 820. The Morgan fingerprint density at radius 3 is 2.55 bits per heavy atom. The van der Waals surface area contributed by atoms with Crippen LogP contribution in [0.15, 0.2) is 29.4 Å². The van der Waals surface area contributed by atoms with E-state index < -0.39 is 40.5 Å². The predicted molar refractivity (Wildman–Crippen MR) is 103 cm³/mol. The molecule has 2 rings (SSSR count). The normalized spacial score (nSPS) is 15.7. The van der Waals surface area contributed by atoms with E-state index in [0.717, 1.165) is 0 Å². The third-order valence-electron chi connectivity index (χ3n) is 4.33. The van der Waals surface area contributed by atoms with Gasteiger partial charge in [-0.1, -0.05) is 13.8 Å². The molecule has 0 spiro atoms. The molecule has 2 heterocycles. The Labute approximate surface area is 170 Å². The Balaban J connectivity index is 1.76. The molecule has 1 aliphatic heterocycles. The number of sulfonamides is 1. The first-order chi connectivity index (χ1) is 13.7. The molecular formula is C18H26N4O6S. The van der Waals surface area contributed by atoms with E-state index in [-0.39, 0.29) is 36.7 Å². The second kappa shape index (κ2) is 10.3. The molecule has 1 aliphatic rings. The van der Waals surface area contributed by atoms with Crippen LogP contribution in [0.2, 0.25) is 0 Å². The molecule has 1 saturated heterocycles. The molecule has 1 fully saturated rings. The van der Waals surface area contributed by atoms with E-state index in [4.69, 9.17) is 4.74 Å². The Morgan fingerprint density at radius 1 is 1.28 bits per heavy atom. The number of amides is 3. The van der Waals surface area contributed by atoms with Gasteiger partial charge in [-0.2, -0.15) is 4.31 Å². The SMILES string of the molecule is CC(C)CNC(=O)NC(=O)COC(=O)C1CCN(S(=O)(=O)c2cccnc2)CC1. The van der Waals surface area contributed by atoms with Gasteiger partial charge in [-0.3, -0.25) is 19.9 Å². The van der Waals surface area contributed by atoms with Gasteiger partial charge in [-0.25, -0.2) is 13.2 Å². The van der Waals surface area contributed by atoms with Gasteiger partial charge in [0.1, 0.15) is 4.90 Å². The predicted octanol–water partition coefficient (Wildman–Crippen LogP) is 0.507. The number of carbonyl (C=O) groups is 3. The zero-order valence-electron chi connectivity index (χ0n) is 16.5. The van der Waals surface area contributed by atoms with E-state index in [1.807, 2.05) is 13.8 Å². The lowest BCUT2D eigenvalue weighted by molar-refractivity contribution is -0.153. The molecule has 0 aliphatic carbocycles. The standard InChI is InChI=1S/C18H26N4O6S/c1-13(2)10-20-18(25)21-16(23)12-28-17(24)14-5-8-22(9-6-14)29(26,27)15-4-3-7-19-11-15/h3-4,7,11,13-14H,5-6,8-10,12H2,1-2H3,(H2,20,21,23,25). The largest absolute Gasteiger partial charge is 0.455 e. The maximum absolute atomic E-state index is 12.6. The summed E-state index contributed by atoms with van der Waals surface area (Å²) >= 11 is 0. The van der Waals surface area contributed by atoms with Crippen LogP contribution in [0, 0.1) is 11.8 Å². The number of nitrogens with one attached hydrogen (secondary N) is 2. The number of urea groups is 1. The number of rotatable bonds is 7. The molecule has 160 valence electrons. The highest BCUT2D eigenvalue weighted by atomic mass is 32.2. The third-order valence-corrected chi connectivity index (χ3v) is 6.21. The van der Waals surface area contributed by atoms with Gasteiger partial charge in [0.05, 0.1) is 5.92 Å². The van der Waals surface area contributed by atoms with E-state index >= 15 is 0 Å². The van der Waals surface area contributed by atoms with Crippen molar-refractivity contribution in [3.8, 4) is 0 Å². The zero-order chi connectivity index (χ0) is 21.4. The van der Waals surface area contributed by atoms with Gasteiger partial charge in [-0.15, -0.1) is 0 Å². The number of imide groups is 1.